The standard InChI is InChI=1S/C16H23N3O4/c1-9-15(10(2)23-18-9)16(22)17-12-5-13(6-12)19(8-14(20)21)7-11-3-4-11/h11-13H,3-8H2,1-2H3,(H,17,22)(H,20,21). The molecule has 2 fully saturated rings. The van der Waals surface area contributed by atoms with Gasteiger partial charge in [0.05, 0.1) is 12.2 Å². The zero-order valence-corrected chi connectivity index (χ0v) is 13.5. The highest BCUT2D eigenvalue weighted by Gasteiger charge is 2.38. The smallest absolute Gasteiger partial charge is 0.317 e. The maximum Gasteiger partial charge on any atom is 0.317 e. The quantitative estimate of drug-likeness (QED) is 0.787. The Bertz CT molecular complexity index is 583. The Morgan fingerprint density at radius 3 is 2.57 bits per heavy atom. The van der Waals surface area contributed by atoms with Gasteiger partial charge in [-0.1, -0.05) is 5.16 Å². The van der Waals surface area contributed by atoms with Crippen LogP contribution in [0.5, 0.6) is 0 Å². The molecule has 7 heteroatoms. The lowest BCUT2D eigenvalue weighted by molar-refractivity contribution is -0.139. The van der Waals surface area contributed by atoms with Crippen molar-refractivity contribution in [2.75, 3.05) is 13.1 Å². The Labute approximate surface area is 135 Å². The Balaban J connectivity index is 1.51. The van der Waals surface area contributed by atoms with Crippen molar-refractivity contribution in [1.82, 2.24) is 15.4 Å². The van der Waals surface area contributed by atoms with E-state index in [0.717, 1.165) is 19.4 Å². The summed E-state index contributed by atoms with van der Waals surface area (Å²) < 4.78 is 5.02. The summed E-state index contributed by atoms with van der Waals surface area (Å²) in [5.74, 6) is 0.243. The molecule has 2 aliphatic rings. The second-order valence-corrected chi connectivity index (χ2v) is 6.76. The Morgan fingerprint density at radius 1 is 1.35 bits per heavy atom. The Hall–Kier alpha value is -1.89. The molecule has 2 aliphatic carbocycles. The van der Waals surface area contributed by atoms with Crippen LogP contribution in [0.25, 0.3) is 0 Å². The third-order valence-electron chi connectivity index (χ3n) is 4.75. The van der Waals surface area contributed by atoms with Crippen molar-refractivity contribution in [2.24, 2.45) is 5.92 Å². The van der Waals surface area contributed by atoms with E-state index in [4.69, 9.17) is 9.63 Å². The van der Waals surface area contributed by atoms with Gasteiger partial charge < -0.3 is 14.9 Å². The molecular weight excluding hydrogens is 298 g/mol. The molecule has 0 unspecified atom stereocenters. The lowest BCUT2D eigenvalue weighted by atomic mass is 9.85. The van der Waals surface area contributed by atoms with Crippen molar-refractivity contribution in [3.8, 4) is 0 Å². The van der Waals surface area contributed by atoms with Crippen LogP contribution in [0, 0.1) is 19.8 Å². The maximum absolute atomic E-state index is 12.3. The molecule has 7 nitrogen and oxygen atoms in total. The third-order valence-corrected chi connectivity index (χ3v) is 4.75. The van der Waals surface area contributed by atoms with Gasteiger partial charge in [-0.05, 0) is 45.4 Å². The lowest BCUT2D eigenvalue weighted by Crippen LogP contribution is -2.55. The highest BCUT2D eigenvalue weighted by atomic mass is 16.5. The van der Waals surface area contributed by atoms with Gasteiger partial charge in [0.25, 0.3) is 5.91 Å². The molecule has 0 radical (unpaired) electrons. The first-order valence-corrected chi connectivity index (χ1v) is 8.13. The number of carbonyl (C=O) groups excluding carboxylic acids is 1. The van der Waals surface area contributed by atoms with E-state index in [2.05, 4.69) is 15.4 Å². The number of amides is 1. The number of hydrogen-bond donors (Lipinski definition) is 2. The fourth-order valence-electron chi connectivity index (χ4n) is 3.22. The van der Waals surface area contributed by atoms with Crippen molar-refractivity contribution in [3.05, 3.63) is 17.0 Å². The van der Waals surface area contributed by atoms with Gasteiger partial charge in [-0.2, -0.15) is 0 Å². The molecule has 0 aliphatic heterocycles. The van der Waals surface area contributed by atoms with Gasteiger partial charge in [0.15, 0.2) is 0 Å². The van der Waals surface area contributed by atoms with Crippen LogP contribution in [0.2, 0.25) is 0 Å². The molecule has 1 aromatic rings. The van der Waals surface area contributed by atoms with E-state index in [-0.39, 0.29) is 24.5 Å². The minimum atomic E-state index is -0.783. The number of carboxylic acid groups (broad SMARTS) is 1. The summed E-state index contributed by atoms with van der Waals surface area (Å²) in [6.45, 7) is 4.43. The number of carbonyl (C=O) groups is 2. The number of aryl methyl sites for hydroxylation is 2. The molecule has 0 saturated heterocycles. The molecule has 0 aromatic carbocycles. The minimum absolute atomic E-state index is 0.0890. The van der Waals surface area contributed by atoms with Gasteiger partial charge in [0.2, 0.25) is 0 Å². The number of aromatic nitrogens is 1. The first-order chi connectivity index (χ1) is 10.9. The maximum atomic E-state index is 12.3. The summed E-state index contributed by atoms with van der Waals surface area (Å²) >= 11 is 0. The van der Waals surface area contributed by atoms with Crippen LogP contribution in [0.15, 0.2) is 4.52 Å². The zero-order chi connectivity index (χ0) is 16.6. The molecule has 23 heavy (non-hydrogen) atoms. The highest BCUT2D eigenvalue weighted by molar-refractivity contribution is 5.96. The van der Waals surface area contributed by atoms with Crippen LogP contribution < -0.4 is 5.32 Å². The van der Waals surface area contributed by atoms with E-state index in [1.165, 1.54) is 12.8 Å². The number of hydrogen-bond acceptors (Lipinski definition) is 5. The van der Waals surface area contributed by atoms with E-state index < -0.39 is 5.97 Å². The average molecular weight is 321 g/mol. The first kappa shape index (κ1) is 16.0. The second kappa shape index (κ2) is 6.31. The summed E-state index contributed by atoms with van der Waals surface area (Å²) in [5.41, 5.74) is 1.10. The van der Waals surface area contributed by atoms with Crippen molar-refractivity contribution in [1.29, 1.82) is 0 Å². The number of rotatable bonds is 7. The van der Waals surface area contributed by atoms with Gasteiger partial charge in [-0.15, -0.1) is 0 Å². The molecule has 2 N–H and O–H groups in total. The predicted octanol–water partition coefficient (Wildman–Crippen LogP) is 1.35. The van der Waals surface area contributed by atoms with Crippen LogP contribution in [-0.4, -0.2) is 52.2 Å². The van der Waals surface area contributed by atoms with Gasteiger partial charge in [0, 0.05) is 18.6 Å². The van der Waals surface area contributed by atoms with Crippen LogP contribution >= 0.6 is 0 Å². The largest absolute Gasteiger partial charge is 0.480 e. The number of aliphatic carboxylic acids is 1. The Morgan fingerprint density at radius 2 is 2.04 bits per heavy atom. The molecule has 0 atom stereocenters. The summed E-state index contributed by atoms with van der Waals surface area (Å²) in [7, 11) is 0. The number of nitrogens with one attached hydrogen (secondary N) is 1. The molecule has 0 bridgehead atoms. The first-order valence-electron chi connectivity index (χ1n) is 8.13. The minimum Gasteiger partial charge on any atom is -0.480 e. The molecular formula is C16H23N3O4. The topological polar surface area (TPSA) is 95.7 Å². The van der Waals surface area contributed by atoms with Gasteiger partial charge in [0.1, 0.15) is 11.3 Å². The second-order valence-electron chi connectivity index (χ2n) is 6.76. The predicted molar refractivity (Wildman–Crippen MR) is 82.2 cm³/mol. The fourth-order valence-corrected chi connectivity index (χ4v) is 3.22. The summed E-state index contributed by atoms with van der Waals surface area (Å²) in [4.78, 5) is 25.3. The van der Waals surface area contributed by atoms with E-state index in [0.29, 0.717) is 22.9 Å². The molecule has 2 saturated carbocycles. The van der Waals surface area contributed by atoms with Crippen LogP contribution in [0.1, 0.15) is 47.5 Å². The van der Waals surface area contributed by atoms with Gasteiger partial charge in [-0.3, -0.25) is 14.5 Å². The molecule has 126 valence electrons. The SMILES string of the molecule is Cc1noc(C)c1C(=O)NC1CC(N(CC(=O)O)CC2CC2)C1. The van der Waals surface area contributed by atoms with Crippen molar-refractivity contribution in [2.45, 2.75) is 51.6 Å². The van der Waals surface area contributed by atoms with Gasteiger partial charge >= 0.3 is 5.97 Å². The Kier molecular flexibility index (Phi) is 4.39. The van der Waals surface area contributed by atoms with E-state index >= 15 is 0 Å². The fraction of sp³-hybridized carbons (Fsp3) is 0.688. The summed E-state index contributed by atoms with van der Waals surface area (Å²) in [6, 6.07) is 0.346. The van der Waals surface area contributed by atoms with E-state index in [1.54, 1.807) is 13.8 Å². The lowest BCUT2D eigenvalue weighted by Gasteiger charge is -2.42. The molecule has 0 spiro atoms. The molecule has 1 heterocycles. The van der Waals surface area contributed by atoms with E-state index in [9.17, 15) is 9.59 Å². The van der Waals surface area contributed by atoms with E-state index in [1.807, 2.05) is 0 Å². The summed E-state index contributed by atoms with van der Waals surface area (Å²) in [6.07, 6.45) is 4.01. The van der Waals surface area contributed by atoms with Crippen LogP contribution in [-0.2, 0) is 4.79 Å². The molecule has 1 aromatic heterocycles. The van der Waals surface area contributed by atoms with Crippen molar-refractivity contribution < 1.29 is 19.2 Å². The normalized spacial score (nSPS) is 23.6. The van der Waals surface area contributed by atoms with Crippen LogP contribution in [0.3, 0.4) is 0 Å². The average Bonchev–Trinajstić information content (AvgIpc) is 3.17. The van der Waals surface area contributed by atoms with Gasteiger partial charge in [-0.25, -0.2) is 0 Å². The zero-order valence-electron chi connectivity index (χ0n) is 13.5. The summed E-state index contributed by atoms with van der Waals surface area (Å²) in [5, 5.41) is 15.8. The van der Waals surface area contributed by atoms with Crippen molar-refractivity contribution >= 4 is 11.9 Å². The van der Waals surface area contributed by atoms with Crippen LogP contribution in [0.4, 0.5) is 0 Å². The number of nitrogens with zero attached hydrogens (tertiary/aromatic N) is 2. The molecule has 3 rings (SSSR count). The monoisotopic (exact) mass is 321 g/mol. The number of carboxylic acids is 1. The third kappa shape index (κ3) is 3.72. The molecule has 1 amide bonds. The van der Waals surface area contributed by atoms with Crippen molar-refractivity contribution in [3.63, 3.8) is 0 Å². The highest BCUT2D eigenvalue weighted by Crippen LogP contribution is 2.33.